The molecule has 10 heteroatoms. The van der Waals surface area contributed by atoms with Crippen LogP contribution in [0.15, 0.2) is 12.3 Å². The Morgan fingerprint density at radius 2 is 2.44 bits per heavy atom. The number of aromatic nitrogens is 4. The Bertz CT molecular complexity index is 506. The van der Waals surface area contributed by atoms with Gasteiger partial charge in [0.25, 0.3) is 0 Å². The molecule has 0 aliphatic carbocycles. The zero-order chi connectivity index (χ0) is 11.5. The first-order valence-electron chi connectivity index (χ1n) is 4.16. The summed E-state index contributed by atoms with van der Waals surface area (Å²) >= 11 is 1.26. The Kier molecular flexibility index (Phi) is 2.74. The van der Waals surface area contributed by atoms with Crippen molar-refractivity contribution >= 4 is 22.3 Å². The lowest BCUT2D eigenvalue weighted by molar-refractivity contribution is -0.389. The minimum Gasteiger partial charge on any atom is -0.358 e. The van der Waals surface area contributed by atoms with E-state index in [4.69, 9.17) is 5.84 Å². The molecule has 0 bridgehead atoms. The van der Waals surface area contributed by atoms with Crippen LogP contribution < -0.4 is 11.3 Å². The van der Waals surface area contributed by atoms with Gasteiger partial charge in [-0.15, -0.1) is 10.2 Å². The number of rotatable bonds is 4. The van der Waals surface area contributed by atoms with Crippen molar-refractivity contribution in [1.82, 2.24) is 20.0 Å². The summed E-state index contributed by atoms with van der Waals surface area (Å²) in [7, 11) is 0. The summed E-state index contributed by atoms with van der Waals surface area (Å²) in [5.41, 5.74) is 2.36. The molecule has 3 N–H and O–H groups in total. The van der Waals surface area contributed by atoms with Crippen molar-refractivity contribution in [3.8, 4) is 0 Å². The molecule has 0 saturated carbocycles. The van der Waals surface area contributed by atoms with Crippen molar-refractivity contribution in [2.45, 2.75) is 6.54 Å². The van der Waals surface area contributed by atoms with E-state index in [-0.39, 0.29) is 5.82 Å². The van der Waals surface area contributed by atoms with Crippen LogP contribution >= 0.6 is 11.3 Å². The third kappa shape index (κ3) is 2.12. The van der Waals surface area contributed by atoms with Crippen LogP contribution in [0, 0.1) is 10.1 Å². The van der Waals surface area contributed by atoms with Gasteiger partial charge >= 0.3 is 5.82 Å². The standard InChI is InChI=1S/C6H7N7O2S/c7-8-6-10-9-5(16-6)3-12-2-1-4(11-12)13(14)15/h1-2H,3,7H2,(H,8,10). The van der Waals surface area contributed by atoms with Crippen LogP contribution in [0.2, 0.25) is 0 Å². The fourth-order valence-corrected chi connectivity index (χ4v) is 1.69. The third-order valence-electron chi connectivity index (χ3n) is 1.70. The van der Waals surface area contributed by atoms with Gasteiger partial charge in [-0.3, -0.25) is 5.43 Å². The average molecular weight is 241 g/mol. The number of nitrogen functional groups attached to an aromatic ring is 1. The van der Waals surface area contributed by atoms with Gasteiger partial charge < -0.3 is 10.1 Å². The maximum atomic E-state index is 10.4. The quantitative estimate of drug-likeness (QED) is 0.437. The summed E-state index contributed by atoms with van der Waals surface area (Å²) in [6, 6.07) is 1.32. The Morgan fingerprint density at radius 1 is 1.62 bits per heavy atom. The molecule has 2 rings (SSSR count). The summed E-state index contributed by atoms with van der Waals surface area (Å²) in [5.74, 6) is 4.95. The van der Waals surface area contributed by atoms with Crippen LogP contribution in [0.25, 0.3) is 0 Å². The van der Waals surface area contributed by atoms with Gasteiger partial charge in [0.15, 0.2) is 0 Å². The Hall–Kier alpha value is -2.07. The molecule has 16 heavy (non-hydrogen) atoms. The highest BCUT2D eigenvalue weighted by Gasteiger charge is 2.12. The van der Waals surface area contributed by atoms with Crippen molar-refractivity contribution in [3.05, 3.63) is 27.4 Å². The van der Waals surface area contributed by atoms with Crippen LogP contribution in [0.3, 0.4) is 0 Å². The molecule has 0 spiro atoms. The van der Waals surface area contributed by atoms with Gasteiger partial charge in [-0.05, 0) is 4.92 Å². The second-order valence-electron chi connectivity index (χ2n) is 2.77. The first kappa shape index (κ1) is 10.4. The summed E-state index contributed by atoms with van der Waals surface area (Å²) in [6.45, 7) is 0.327. The Morgan fingerprint density at radius 3 is 3.00 bits per heavy atom. The fourth-order valence-electron chi connectivity index (χ4n) is 1.05. The molecule has 0 fully saturated rings. The van der Waals surface area contributed by atoms with Gasteiger partial charge in [0.2, 0.25) is 5.13 Å². The van der Waals surface area contributed by atoms with Crippen molar-refractivity contribution in [3.63, 3.8) is 0 Å². The molecule has 2 aromatic heterocycles. The fraction of sp³-hybridized carbons (Fsp3) is 0.167. The maximum absolute atomic E-state index is 10.4. The molecule has 9 nitrogen and oxygen atoms in total. The van der Waals surface area contributed by atoms with E-state index in [2.05, 4.69) is 20.7 Å². The van der Waals surface area contributed by atoms with E-state index in [1.807, 2.05) is 0 Å². The van der Waals surface area contributed by atoms with E-state index in [9.17, 15) is 10.1 Å². The second kappa shape index (κ2) is 4.20. The lowest BCUT2D eigenvalue weighted by Crippen LogP contribution is -2.05. The molecular weight excluding hydrogens is 234 g/mol. The molecule has 2 heterocycles. The SMILES string of the molecule is NNc1nnc(Cn2ccc([N+](=O)[O-])n2)s1. The number of hydrogen-bond donors (Lipinski definition) is 2. The first-order valence-corrected chi connectivity index (χ1v) is 4.97. The second-order valence-corrected chi connectivity index (χ2v) is 3.84. The van der Waals surface area contributed by atoms with E-state index in [0.29, 0.717) is 16.7 Å². The smallest absolute Gasteiger partial charge is 0.358 e. The van der Waals surface area contributed by atoms with Crippen LogP contribution in [0.4, 0.5) is 10.9 Å². The van der Waals surface area contributed by atoms with Crippen molar-refractivity contribution in [2.75, 3.05) is 5.43 Å². The number of nitrogens with zero attached hydrogens (tertiary/aromatic N) is 5. The van der Waals surface area contributed by atoms with Gasteiger partial charge in [-0.2, -0.15) is 4.68 Å². The molecule has 0 saturated heterocycles. The topological polar surface area (TPSA) is 125 Å². The van der Waals surface area contributed by atoms with Crippen LogP contribution in [0.5, 0.6) is 0 Å². The summed E-state index contributed by atoms with van der Waals surface area (Å²) < 4.78 is 1.42. The van der Waals surface area contributed by atoms with Crippen LogP contribution in [-0.2, 0) is 6.54 Å². The molecule has 0 atom stereocenters. The van der Waals surface area contributed by atoms with Gasteiger partial charge in [0, 0.05) is 0 Å². The molecule has 0 aliphatic heterocycles. The number of anilines is 1. The van der Waals surface area contributed by atoms with E-state index >= 15 is 0 Å². The van der Waals surface area contributed by atoms with Crippen molar-refractivity contribution in [1.29, 1.82) is 0 Å². The van der Waals surface area contributed by atoms with E-state index < -0.39 is 4.92 Å². The summed E-state index contributed by atoms with van der Waals surface area (Å²) in [4.78, 5) is 9.84. The van der Waals surface area contributed by atoms with Crippen LogP contribution in [-0.4, -0.2) is 24.9 Å². The largest absolute Gasteiger partial charge is 0.389 e. The zero-order valence-electron chi connectivity index (χ0n) is 7.90. The minimum atomic E-state index is -0.552. The maximum Gasteiger partial charge on any atom is 0.389 e. The highest BCUT2D eigenvalue weighted by molar-refractivity contribution is 7.15. The molecule has 2 aromatic rings. The molecule has 0 aliphatic rings. The molecule has 0 amide bonds. The number of nitro groups is 1. The normalized spacial score (nSPS) is 10.3. The van der Waals surface area contributed by atoms with Crippen LogP contribution in [0.1, 0.15) is 5.01 Å². The monoisotopic (exact) mass is 241 g/mol. The molecule has 0 unspecified atom stereocenters. The van der Waals surface area contributed by atoms with Gasteiger partial charge in [0.1, 0.15) is 11.6 Å². The minimum absolute atomic E-state index is 0.193. The highest BCUT2D eigenvalue weighted by atomic mass is 32.1. The summed E-state index contributed by atoms with van der Waals surface area (Å²) in [5, 5.41) is 22.8. The molecule has 0 radical (unpaired) electrons. The molecule has 84 valence electrons. The van der Waals surface area contributed by atoms with Gasteiger partial charge in [-0.25, -0.2) is 5.84 Å². The Labute approximate surface area is 93.0 Å². The first-order chi connectivity index (χ1) is 7.69. The van der Waals surface area contributed by atoms with Gasteiger partial charge in [-0.1, -0.05) is 11.3 Å². The number of nitrogens with one attached hydrogen (secondary N) is 1. The summed E-state index contributed by atoms with van der Waals surface area (Å²) in [6.07, 6.45) is 1.51. The lowest BCUT2D eigenvalue weighted by atomic mass is 10.6. The third-order valence-corrected chi connectivity index (χ3v) is 2.54. The lowest BCUT2D eigenvalue weighted by Gasteiger charge is -1.89. The molecule has 0 aromatic carbocycles. The van der Waals surface area contributed by atoms with E-state index in [1.165, 1.54) is 28.3 Å². The highest BCUT2D eigenvalue weighted by Crippen LogP contribution is 2.15. The van der Waals surface area contributed by atoms with Crippen molar-refractivity contribution < 1.29 is 4.92 Å². The number of hydrazine groups is 1. The average Bonchev–Trinajstić information content (AvgIpc) is 2.87. The number of hydrogen-bond acceptors (Lipinski definition) is 8. The van der Waals surface area contributed by atoms with E-state index in [1.54, 1.807) is 0 Å². The molecular formula is C6H7N7O2S. The van der Waals surface area contributed by atoms with E-state index in [0.717, 1.165) is 0 Å². The number of nitrogens with two attached hydrogens (primary N) is 1. The predicted octanol–water partition coefficient (Wildman–Crippen LogP) is -0.0233. The zero-order valence-corrected chi connectivity index (χ0v) is 8.72. The Balaban J connectivity index is 2.11. The van der Waals surface area contributed by atoms with Gasteiger partial charge in [0.05, 0.1) is 17.4 Å². The van der Waals surface area contributed by atoms with Crippen molar-refractivity contribution in [2.24, 2.45) is 5.84 Å². The predicted molar refractivity (Wildman–Crippen MR) is 55.7 cm³/mol.